The molecule has 27 heavy (non-hydrogen) atoms. The van der Waals surface area contributed by atoms with Gasteiger partial charge in [-0.1, -0.05) is 37.1 Å². The summed E-state index contributed by atoms with van der Waals surface area (Å²) in [5.74, 6) is -0.890. The Morgan fingerprint density at radius 3 is 2.81 bits per heavy atom. The van der Waals surface area contributed by atoms with Crippen molar-refractivity contribution in [3.63, 3.8) is 0 Å². The number of carbonyl (C=O) groups is 2. The number of aromatic carboxylic acids is 1. The number of benzene rings is 1. The van der Waals surface area contributed by atoms with Crippen LogP contribution in [0.25, 0.3) is 11.3 Å². The molecule has 142 valence electrons. The number of likely N-dealkylation sites (tertiary alicyclic amines) is 1. The van der Waals surface area contributed by atoms with Gasteiger partial charge in [0.25, 0.3) is 0 Å². The Balaban J connectivity index is 1.98. The van der Waals surface area contributed by atoms with Gasteiger partial charge in [0, 0.05) is 23.6 Å². The third-order valence-corrected chi connectivity index (χ3v) is 5.14. The third-order valence-electron chi connectivity index (χ3n) is 4.90. The van der Waals surface area contributed by atoms with Crippen LogP contribution in [0.15, 0.2) is 36.4 Å². The highest BCUT2D eigenvalue weighted by Crippen LogP contribution is 2.34. The maximum Gasteiger partial charge on any atom is 0.337 e. The number of amides is 1. The summed E-state index contributed by atoms with van der Waals surface area (Å²) in [5.41, 5.74) is 1.90. The highest BCUT2D eigenvalue weighted by molar-refractivity contribution is 6.30. The topological polar surface area (TPSA) is 70.5 Å². The number of unbranched alkanes of at least 4 members (excludes halogenated alkanes) is 1. The van der Waals surface area contributed by atoms with E-state index in [1.54, 1.807) is 36.4 Å². The molecule has 0 spiro atoms. The van der Waals surface area contributed by atoms with Crippen LogP contribution in [0.5, 0.6) is 0 Å². The SMILES string of the molecule is CCCCC(=O)N1CCCC1c1ccc(C(=O)O)c(-c2cccc(Cl)c2)n1. The summed E-state index contributed by atoms with van der Waals surface area (Å²) in [6.07, 6.45) is 4.17. The van der Waals surface area contributed by atoms with Crippen LogP contribution in [0.4, 0.5) is 0 Å². The summed E-state index contributed by atoms with van der Waals surface area (Å²) >= 11 is 6.08. The summed E-state index contributed by atoms with van der Waals surface area (Å²) in [7, 11) is 0. The second-order valence-electron chi connectivity index (χ2n) is 6.80. The van der Waals surface area contributed by atoms with E-state index in [2.05, 4.69) is 11.9 Å². The predicted molar refractivity (Wildman–Crippen MR) is 105 cm³/mol. The molecule has 6 heteroatoms. The van der Waals surface area contributed by atoms with Crippen LogP contribution in [-0.2, 0) is 4.79 Å². The van der Waals surface area contributed by atoms with Gasteiger partial charge in [-0.2, -0.15) is 0 Å². The number of hydrogen-bond donors (Lipinski definition) is 1. The number of aromatic nitrogens is 1. The van der Waals surface area contributed by atoms with Gasteiger partial charge >= 0.3 is 5.97 Å². The lowest BCUT2D eigenvalue weighted by Gasteiger charge is -2.25. The summed E-state index contributed by atoms with van der Waals surface area (Å²) in [4.78, 5) is 30.8. The quantitative estimate of drug-likeness (QED) is 0.762. The first-order chi connectivity index (χ1) is 13.0. The van der Waals surface area contributed by atoms with Crippen LogP contribution in [0.1, 0.15) is 61.1 Å². The molecule has 2 heterocycles. The minimum atomic E-state index is -1.04. The molecule has 0 saturated carbocycles. The van der Waals surface area contributed by atoms with E-state index in [-0.39, 0.29) is 17.5 Å². The molecule has 0 bridgehead atoms. The molecule has 3 rings (SSSR count). The minimum absolute atomic E-state index is 0.102. The molecular formula is C21H23ClN2O3. The lowest BCUT2D eigenvalue weighted by Crippen LogP contribution is -2.30. The molecule has 1 aliphatic heterocycles. The highest BCUT2D eigenvalue weighted by atomic mass is 35.5. The Bertz CT molecular complexity index is 853. The van der Waals surface area contributed by atoms with Crippen molar-refractivity contribution in [3.8, 4) is 11.3 Å². The Morgan fingerprint density at radius 2 is 2.11 bits per heavy atom. The third kappa shape index (κ3) is 4.30. The lowest BCUT2D eigenvalue weighted by molar-refractivity contribution is -0.132. The van der Waals surface area contributed by atoms with Gasteiger partial charge < -0.3 is 10.0 Å². The number of carbonyl (C=O) groups excluding carboxylic acids is 1. The summed E-state index contributed by atoms with van der Waals surface area (Å²) in [6, 6.07) is 10.2. The molecule has 1 amide bonds. The molecule has 1 saturated heterocycles. The van der Waals surface area contributed by atoms with Crippen LogP contribution in [0.3, 0.4) is 0 Å². The van der Waals surface area contributed by atoms with E-state index in [9.17, 15) is 14.7 Å². The normalized spacial score (nSPS) is 16.5. The molecule has 1 aromatic carbocycles. The standard InChI is InChI=1S/C21H23ClN2O3/c1-2-3-9-19(25)24-12-5-8-18(24)17-11-10-16(21(26)27)20(23-17)14-6-4-7-15(22)13-14/h4,6-7,10-11,13,18H,2-3,5,8-9,12H2,1H3,(H,26,27). The highest BCUT2D eigenvalue weighted by Gasteiger charge is 2.31. The Hall–Kier alpha value is -2.40. The maximum absolute atomic E-state index is 12.5. The first-order valence-electron chi connectivity index (χ1n) is 9.31. The zero-order valence-electron chi connectivity index (χ0n) is 15.3. The van der Waals surface area contributed by atoms with Gasteiger partial charge in [0.1, 0.15) is 0 Å². The number of pyridine rings is 1. The summed E-state index contributed by atoms with van der Waals surface area (Å²) in [6.45, 7) is 2.79. The fourth-order valence-corrected chi connectivity index (χ4v) is 3.72. The van der Waals surface area contributed by atoms with E-state index in [1.807, 2.05) is 4.90 Å². The number of rotatable bonds is 6. The average molecular weight is 387 g/mol. The van der Waals surface area contributed by atoms with Gasteiger partial charge in [-0.15, -0.1) is 0 Å². The van der Waals surface area contributed by atoms with E-state index in [0.717, 1.165) is 37.9 Å². The van der Waals surface area contributed by atoms with Crippen LogP contribution < -0.4 is 0 Å². The molecule has 1 aromatic heterocycles. The first kappa shape index (κ1) is 19.4. The van der Waals surface area contributed by atoms with Crippen molar-refractivity contribution in [1.29, 1.82) is 0 Å². The summed E-state index contributed by atoms with van der Waals surface area (Å²) in [5, 5.41) is 10.1. The zero-order valence-corrected chi connectivity index (χ0v) is 16.1. The van der Waals surface area contributed by atoms with Gasteiger partial charge in [0.05, 0.1) is 23.0 Å². The number of carboxylic acids is 1. The van der Waals surface area contributed by atoms with Crippen molar-refractivity contribution >= 4 is 23.5 Å². The van der Waals surface area contributed by atoms with Crippen molar-refractivity contribution in [2.75, 3.05) is 6.54 Å². The molecule has 5 nitrogen and oxygen atoms in total. The van der Waals surface area contributed by atoms with E-state index in [0.29, 0.717) is 22.7 Å². The average Bonchev–Trinajstić information content (AvgIpc) is 3.15. The second-order valence-corrected chi connectivity index (χ2v) is 7.23. The molecule has 1 atom stereocenters. The van der Waals surface area contributed by atoms with E-state index in [4.69, 9.17) is 11.6 Å². The van der Waals surface area contributed by atoms with Crippen LogP contribution in [0, 0.1) is 0 Å². The van der Waals surface area contributed by atoms with Crippen molar-refractivity contribution in [2.24, 2.45) is 0 Å². The van der Waals surface area contributed by atoms with Gasteiger partial charge in [0.2, 0.25) is 5.91 Å². The van der Waals surface area contributed by atoms with E-state index < -0.39 is 5.97 Å². The number of hydrogen-bond acceptors (Lipinski definition) is 3. The summed E-state index contributed by atoms with van der Waals surface area (Å²) < 4.78 is 0. The largest absolute Gasteiger partial charge is 0.478 e. The van der Waals surface area contributed by atoms with Crippen molar-refractivity contribution in [3.05, 3.63) is 52.7 Å². The monoisotopic (exact) mass is 386 g/mol. The minimum Gasteiger partial charge on any atom is -0.478 e. The molecule has 0 aliphatic carbocycles. The number of halogens is 1. The van der Waals surface area contributed by atoms with Crippen LogP contribution in [0.2, 0.25) is 5.02 Å². The zero-order chi connectivity index (χ0) is 19.4. The molecule has 1 unspecified atom stereocenters. The van der Waals surface area contributed by atoms with E-state index >= 15 is 0 Å². The molecule has 1 fully saturated rings. The predicted octanol–water partition coefficient (Wildman–Crippen LogP) is 4.95. The van der Waals surface area contributed by atoms with Gasteiger partial charge in [-0.3, -0.25) is 4.79 Å². The molecule has 0 radical (unpaired) electrons. The van der Waals surface area contributed by atoms with Gasteiger partial charge in [0.15, 0.2) is 0 Å². The Morgan fingerprint density at radius 1 is 1.30 bits per heavy atom. The fourth-order valence-electron chi connectivity index (χ4n) is 3.53. The van der Waals surface area contributed by atoms with E-state index in [1.165, 1.54) is 0 Å². The molecule has 1 N–H and O–H groups in total. The Kier molecular flexibility index (Phi) is 6.11. The van der Waals surface area contributed by atoms with Crippen molar-refractivity contribution < 1.29 is 14.7 Å². The smallest absolute Gasteiger partial charge is 0.337 e. The molecule has 2 aromatic rings. The first-order valence-corrected chi connectivity index (χ1v) is 9.68. The van der Waals surface area contributed by atoms with Crippen LogP contribution in [-0.4, -0.2) is 33.4 Å². The molecule has 1 aliphatic rings. The van der Waals surface area contributed by atoms with Crippen LogP contribution >= 0.6 is 11.6 Å². The molecular weight excluding hydrogens is 364 g/mol. The van der Waals surface area contributed by atoms with Gasteiger partial charge in [-0.05, 0) is 43.5 Å². The second kappa shape index (κ2) is 8.53. The van der Waals surface area contributed by atoms with Crippen molar-refractivity contribution in [2.45, 2.75) is 45.1 Å². The maximum atomic E-state index is 12.5. The Labute approximate surface area is 164 Å². The lowest BCUT2D eigenvalue weighted by atomic mass is 10.0. The van der Waals surface area contributed by atoms with Crippen molar-refractivity contribution in [1.82, 2.24) is 9.88 Å². The number of nitrogens with zero attached hydrogens (tertiary/aromatic N) is 2. The van der Waals surface area contributed by atoms with Gasteiger partial charge in [-0.25, -0.2) is 9.78 Å². The number of carboxylic acid groups (broad SMARTS) is 1. The fraction of sp³-hybridized carbons (Fsp3) is 0.381.